The Bertz CT molecular complexity index is 4340. The largest absolute Gasteiger partial charge is 0.489 e. The predicted molar refractivity (Wildman–Crippen MR) is 377 cm³/mol. The number of ether oxygens (including phenoxy) is 3. The predicted octanol–water partition coefficient (Wildman–Crippen LogP) is 9.22. The molecule has 3 aromatic carbocycles. The van der Waals surface area contributed by atoms with Gasteiger partial charge in [0.25, 0.3) is 17.7 Å². The molecule has 0 bridgehead atoms. The van der Waals surface area contributed by atoms with E-state index in [1.165, 1.54) is 30.3 Å². The number of benzene rings is 3. The summed E-state index contributed by atoms with van der Waals surface area (Å²) >= 11 is 0. The molecule has 7 aromatic rings. The molecule has 5 aliphatic rings. The van der Waals surface area contributed by atoms with Crippen molar-refractivity contribution >= 4 is 76.3 Å². The molecular weight excluding hydrogens is 1330 g/mol. The Balaban J connectivity index is 0.648. The molecule has 0 saturated carbocycles. The lowest BCUT2D eigenvalue weighted by Gasteiger charge is -2.35. The third kappa shape index (κ3) is 16.7. The number of pyridine rings is 2. The number of halogens is 3. The second kappa shape index (κ2) is 32.0. The van der Waals surface area contributed by atoms with Gasteiger partial charge in [0.2, 0.25) is 35.5 Å². The first kappa shape index (κ1) is 72.0. The van der Waals surface area contributed by atoms with E-state index in [1.807, 2.05) is 65.9 Å². The monoisotopic (exact) mass is 1410 g/mol. The molecule has 0 aliphatic carbocycles. The molecule has 9 heterocycles. The first-order chi connectivity index (χ1) is 49.7. The Hall–Kier alpha value is -10.8. The van der Waals surface area contributed by atoms with Crippen LogP contribution in [-0.4, -0.2) is 188 Å². The highest BCUT2D eigenvalue weighted by Crippen LogP contribution is 2.41. The zero-order chi connectivity index (χ0) is 72.6. The summed E-state index contributed by atoms with van der Waals surface area (Å²) in [4.78, 5) is 129. The number of nitrogens with zero attached hydrogens (tertiary/aromatic N) is 11. The number of nitrogens with one attached hydrogen (secondary N) is 5. The van der Waals surface area contributed by atoms with Crippen molar-refractivity contribution < 1.29 is 60.9 Å². The minimum absolute atomic E-state index is 0.00750. The van der Waals surface area contributed by atoms with Crippen molar-refractivity contribution in [3.05, 3.63) is 137 Å². The lowest BCUT2D eigenvalue weighted by atomic mass is 9.90. The fraction of sp³-hybridized carbons (Fsp3) is 0.419. The van der Waals surface area contributed by atoms with Gasteiger partial charge >= 0.3 is 0 Å². The van der Waals surface area contributed by atoms with Crippen LogP contribution < -0.4 is 45.7 Å². The summed E-state index contributed by atoms with van der Waals surface area (Å²) in [6.45, 7) is 14.8. The van der Waals surface area contributed by atoms with Gasteiger partial charge in [0, 0.05) is 80.9 Å². The van der Waals surface area contributed by atoms with E-state index >= 15 is 13.2 Å². The minimum atomic E-state index is -1.17. The molecule has 4 aromatic heterocycles. The molecule has 1 unspecified atom stereocenters. The molecule has 5 N–H and O–H groups in total. The normalized spacial score (nSPS) is 16.4. The van der Waals surface area contributed by atoms with E-state index in [9.17, 15) is 33.6 Å². The second-order valence-corrected chi connectivity index (χ2v) is 26.8. The summed E-state index contributed by atoms with van der Waals surface area (Å²) in [5.41, 5.74) is 4.98. The number of hydrogen-bond acceptors (Lipinski definition) is 21. The smallest absolute Gasteiger partial charge is 0.266 e. The first-order valence-corrected chi connectivity index (χ1v) is 35.0. The van der Waals surface area contributed by atoms with Crippen LogP contribution in [0.2, 0.25) is 0 Å². The van der Waals surface area contributed by atoms with E-state index in [-0.39, 0.29) is 120 Å². The number of aryl methyl sites for hydroxylation is 1. The van der Waals surface area contributed by atoms with Crippen molar-refractivity contribution in [1.29, 1.82) is 0 Å². The standard InChI is InChI=1S/C74H83F3N16O10/c1-7-101-68-52(75)31-49(33-55(68)83-42(2)3)67-54(77)38-82-74(88-67)85-60-17-14-48(37-80-60)46-21-27-91(28-22-46)64(97)40-89(24-9-8-23-78-62(95)41-103-58-12-10-11-51-65(58)72(100)93(71(51)99)56-15-18-61(94)86-70(56)98)39-63(96)90-25-19-45(20-26-90)47-13-16-59(79-36-47)84-73-81-35-44(6)66(87-73)50-32-53(76)69-57(34-50)92(43(4)5)29-30-102-69/h10-14,16-17,31-38,42-43,45-46,56,83H,7-9,15,18-30,39-41H2,1-6H3,(H,78,95)(H,86,94,98)(H,79,81,84,87)(H,80,82,85,88). The van der Waals surface area contributed by atoms with Crippen molar-refractivity contribution in [2.45, 2.75) is 123 Å². The third-order valence-electron chi connectivity index (χ3n) is 19.0. The van der Waals surface area contributed by atoms with Crippen LogP contribution in [0.1, 0.15) is 135 Å². The van der Waals surface area contributed by atoms with Crippen LogP contribution in [0.5, 0.6) is 17.2 Å². The molecular formula is C74H83F3N16O10. The summed E-state index contributed by atoms with van der Waals surface area (Å²) in [7, 11) is 0. The Morgan fingerprint density at radius 3 is 1.94 bits per heavy atom. The summed E-state index contributed by atoms with van der Waals surface area (Å²) in [5.74, 6) is -3.57. The van der Waals surface area contributed by atoms with E-state index in [1.54, 1.807) is 31.5 Å². The van der Waals surface area contributed by atoms with Gasteiger partial charge in [-0.1, -0.05) is 18.2 Å². The van der Waals surface area contributed by atoms with Crippen molar-refractivity contribution in [3.63, 3.8) is 0 Å². The Labute approximate surface area is 593 Å². The number of amides is 7. The number of rotatable bonds is 26. The van der Waals surface area contributed by atoms with Crippen LogP contribution in [0.15, 0.2) is 91.5 Å². The number of unbranched alkanes of at least 4 members (excludes halogenated alkanes) is 1. The molecule has 5 aliphatic heterocycles. The van der Waals surface area contributed by atoms with Gasteiger partial charge in [-0.3, -0.25) is 48.7 Å². The van der Waals surface area contributed by atoms with Gasteiger partial charge in [0.15, 0.2) is 35.6 Å². The summed E-state index contributed by atoms with van der Waals surface area (Å²) < 4.78 is 63.2. The van der Waals surface area contributed by atoms with E-state index < -0.39 is 59.6 Å². The second-order valence-electron chi connectivity index (χ2n) is 26.8. The molecule has 0 radical (unpaired) electrons. The molecule has 26 nitrogen and oxygen atoms in total. The number of carbonyl (C=O) groups excluding carboxylic acids is 7. The first-order valence-electron chi connectivity index (χ1n) is 35.0. The fourth-order valence-electron chi connectivity index (χ4n) is 13.7. The fourth-order valence-corrected chi connectivity index (χ4v) is 13.7. The topological polar surface area (TPSA) is 301 Å². The maximum atomic E-state index is 15.5. The lowest BCUT2D eigenvalue weighted by molar-refractivity contribution is -0.138. The van der Waals surface area contributed by atoms with Crippen molar-refractivity contribution in [1.82, 2.24) is 60.1 Å². The van der Waals surface area contributed by atoms with Crippen LogP contribution in [0.25, 0.3) is 22.5 Å². The number of anilines is 6. The zero-order valence-corrected chi connectivity index (χ0v) is 58.3. The molecule has 12 rings (SSSR count). The average Bonchev–Trinajstić information content (AvgIpc) is 1.66. The summed E-state index contributed by atoms with van der Waals surface area (Å²) in [6, 6.07) is 17.0. The van der Waals surface area contributed by atoms with Crippen LogP contribution in [0, 0.1) is 24.4 Å². The highest BCUT2D eigenvalue weighted by Gasteiger charge is 2.46. The van der Waals surface area contributed by atoms with Crippen molar-refractivity contribution in [2.24, 2.45) is 0 Å². The summed E-state index contributed by atoms with van der Waals surface area (Å²) in [6.07, 6.45) is 9.87. The quantitative estimate of drug-likeness (QED) is 0.0249. The molecule has 29 heteroatoms. The van der Waals surface area contributed by atoms with Crippen LogP contribution in [-0.2, 0) is 24.0 Å². The van der Waals surface area contributed by atoms with Gasteiger partial charge in [0.1, 0.15) is 35.7 Å². The number of carbonyl (C=O) groups is 7. The van der Waals surface area contributed by atoms with E-state index in [4.69, 9.17) is 24.2 Å². The number of hydrogen-bond donors (Lipinski definition) is 5. The molecule has 1 atom stereocenters. The maximum absolute atomic E-state index is 15.5. The Morgan fingerprint density at radius 1 is 0.699 bits per heavy atom. The number of likely N-dealkylation sites (tertiary alicyclic amines) is 2. The zero-order valence-electron chi connectivity index (χ0n) is 58.3. The van der Waals surface area contributed by atoms with E-state index in [2.05, 4.69) is 65.3 Å². The molecule has 540 valence electrons. The summed E-state index contributed by atoms with van der Waals surface area (Å²) in [5, 5.41) is 14.4. The van der Waals surface area contributed by atoms with Crippen LogP contribution in [0.3, 0.4) is 0 Å². The molecule has 3 saturated heterocycles. The molecule has 103 heavy (non-hydrogen) atoms. The minimum Gasteiger partial charge on any atom is -0.489 e. The van der Waals surface area contributed by atoms with Crippen LogP contribution >= 0.6 is 0 Å². The highest BCUT2D eigenvalue weighted by atomic mass is 19.1. The number of imide groups is 2. The highest BCUT2D eigenvalue weighted by molar-refractivity contribution is 6.24. The Morgan fingerprint density at radius 2 is 1.33 bits per heavy atom. The molecule has 7 amide bonds. The third-order valence-corrected chi connectivity index (χ3v) is 19.0. The van der Waals surface area contributed by atoms with Gasteiger partial charge in [0.05, 0.1) is 60.6 Å². The number of fused-ring (bicyclic) bond motifs is 2. The van der Waals surface area contributed by atoms with Gasteiger partial charge in [-0.05, 0) is 170 Å². The van der Waals surface area contributed by atoms with Gasteiger partial charge < -0.3 is 50.2 Å². The maximum Gasteiger partial charge on any atom is 0.266 e. The van der Waals surface area contributed by atoms with Crippen molar-refractivity contribution in [3.8, 4) is 39.8 Å². The molecule has 3 fully saturated rings. The SMILES string of the molecule is CCOc1c(F)cc(-c2nc(Nc3ccc(C4CCN(C(=O)CN(CCCCNC(=O)COc5cccc6c5C(=O)N(C5CCC(=O)NC5=O)C6=O)CC(=O)N5CCC(c6ccc(Nc7ncc(C)c(-c8cc(F)c9c(c8)N(C(C)C)CCO9)n7)nc6)CC5)CC4)cn3)ncc2F)cc1NC(C)C. The average molecular weight is 1410 g/mol. The van der Waals surface area contributed by atoms with Crippen LogP contribution in [0.4, 0.5) is 48.1 Å². The van der Waals surface area contributed by atoms with E-state index in [0.717, 1.165) is 27.8 Å². The van der Waals surface area contributed by atoms with Gasteiger partial charge in [-0.15, -0.1) is 0 Å². The van der Waals surface area contributed by atoms with Gasteiger partial charge in [-0.25, -0.2) is 43.1 Å². The lowest BCUT2D eigenvalue weighted by Crippen LogP contribution is -2.54. The molecule has 0 spiro atoms. The van der Waals surface area contributed by atoms with E-state index in [0.29, 0.717) is 125 Å². The van der Waals surface area contributed by atoms with Crippen molar-refractivity contribution in [2.75, 3.05) is 99.6 Å². The number of piperidine rings is 3. The number of aromatic nitrogens is 6. The van der Waals surface area contributed by atoms with Gasteiger partial charge in [-0.2, -0.15) is 0 Å². The Kier molecular flexibility index (Phi) is 22.4.